The monoisotopic (exact) mass is 651 g/mol. The van der Waals surface area contributed by atoms with Crippen molar-refractivity contribution in [3.63, 3.8) is 0 Å². The molecule has 6 N–H and O–H groups in total. The van der Waals surface area contributed by atoms with E-state index in [9.17, 15) is 39.9 Å². The number of amides is 2. The van der Waals surface area contributed by atoms with Crippen molar-refractivity contribution in [2.24, 2.45) is 0 Å². The zero-order chi connectivity index (χ0) is 34.0. The van der Waals surface area contributed by atoms with Crippen LogP contribution in [0.4, 0.5) is 4.79 Å². The summed E-state index contributed by atoms with van der Waals surface area (Å²) in [5.41, 5.74) is -1.75. The van der Waals surface area contributed by atoms with Gasteiger partial charge in [0.05, 0.1) is 37.1 Å². The molecule has 0 aromatic heterocycles. The van der Waals surface area contributed by atoms with Gasteiger partial charge in [0.15, 0.2) is 5.60 Å². The minimum absolute atomic E-state index is 0.0246. The largest absolute Gasteiger partial charge is 0.507 e. The Balaban J connectivity index is 1.40. The van der Waals surface area contributed by atoms with Gasteiger partial charge >= 0.3 is 12.1 Å². The second kappa shape index (κ2) is 14.0. The van der Waals surface area contributed by atoms with E-state index >= 15 is 0 Å². The molecule has 3 aliphatic heterocycles. The Morgan fingerprint density at radius 3 is 2.46 bits per heavy atom. The Morgan fingerprint density at radius 2 is 1.83 bits per heavy atom. The van der Waals surface area contributed by atoms with Crippen molar-refractivity contribution >= 4 is 18.0 Å². The second-order valence-electron chi connectivity index (χ2n) is 13.9. The van der Waals surface area contributed by atoms with Crippen molar-refractivity contribution < 1.29 is 54.1 Å². The molecule has 0 radical (unpaired) electrons. The highest BCUT2D eigenvalue weighted by Gasteiger charge is 2.52. The lowest BCUT2D eigenvalue weighted by Crippen LogP contribution is -2.61. The van der Waals surface area contributed by atoms with Crippen molar-refractivity contribution in [3.8, 4) is 5.75 Å². The average Bonchev–Trinajstić information content (AvgIpc) is 3.40. The van der Waals surface area contributed by atoms with Crippen molar-refractivity contribution in [3.05, 3.63) is 28.8 Å². The summed E-state index contributed by atoms with van der Waals surface area (Å²) in [4.78, 5) is 41.9. The maximum absolute atomic E-state index is 12.8. The molecule has 1 unspecified atom stereocenters. The number of phenols is 1. The number of likely N-dealkylation sites (tertiary alicyclic amines) is 1. The van der Waals surface area contributed by atoms with Crippen LogP contribution in [0.3, 0.4) is 0 Å². The smallest absolute Gasteiger partial charge is 0.410 e. The van der Waals surface area contributed by atoms with E-state index in [1.54, 1.807) is 39.5 Å². The third-order valence-corrected chi connectivity index (χ3v) is 9.15. The number of nitrogens with one attached hydrogen (secondary N) is 1. The Hall–Kier alpha value is -3.01. The average molecular weight is 652 g/mol. The number of carboxylic acid groups (broad SMARTS) is 1. The summed E-state index contributed by atoms with van der Waals surface area (Å²) >= 11 is 0. The first kappa shape index (κ1) is 35.8. The van der Waals surface area contributed by atoms with E-state index in [0.29, 0.717) is 50.4 Å². The number of aliphatic hydroxyl groups is 3. The van der Waals surface area contributed by atoms with E-state index < -0.39 is 59.1 Å². The molecule has 258 valence electrons. The lowest BCUT2D eigenvalue weighted by Gasteiger charge is -2.47. The number of phenolic OH excluding ortho intramolecular Hbond substituents is 1. The van der Waals surface area contributed by atoms with Gasteiger partial charge in [-0.05, 0) is 64.3 Å². The highest BCUT2D eigenvalue weighted by molar-refractivity contribution is 5.94. The number of hydrogen-bond acceptors (Lipinski definition) is 11. The fourth-order valence-corrected chi connectivity index (χ4v) is 6.63. The number of carbonyl (C=O) groups excluding carboxylic acids is 2. The second-order valence-corrected chi connectivity index (χ2v) is 13.9. The van der Waals surface area contributed by atoms with Gasteiger partial charge in [-0.1, -0.05) is 0 Å². The third-order valence-electron chi connectivity index (χ3n) is 9.15. The van der Waals surface area contributed by atoms with Gasteiger partial charge in [-0.2, -0.15) is 0 Å². The molecule has 1 aromatic carbocycles. The zero-order valence-corrected chi connectivity index (χ0v) is 27.3. The van der Waals surface area contributed by atoms with Crippen LogP contribution in [0.15, 0.2) is 12.1 Å². The van der Waals surface area contributed by atoms with Crippen LogP contribution in [0.1, 0.15) is 67.9 Å². The molecular formula is C32H49N3O11. The Morgan fingerprint density at radius 1 is 1.15 bits per heavy atom. The molecule has 46 heavy (non-hydrogen) atoms. The van der Waals surface area contributed by atoms with E-state index in [1.807, 2.05) is 0 Å². The van der Waals surface area contributed by atoms with Crippen LogP contribution in [0.25, 0.3) is 0 Å². The molecule has 3 heterocycles. The molecule has 1 aromatic rings. The number of aromatic hydroxyl groups is 1. The van der Waals surface area contributed by atoms with Crippen molar-refractivity contribution in [2.75, 3.05) is 45.9 Å². The van der Waals surface area contributed by atoms with Gasteiger partial charge in [0, 0.05) is 57.5 Å². The van der Waals surface area contributed by atoms with Crippen LogP contribution in [-0.2, 0) is 19.0 Å². The number of morpholine rings is 1. The van der Waals surface area contributed by atoms with Crippen molar-refractivity contribution in [2.45, 2.75) is 101 Å². The van der Waals surface area contributed by atoms with Crippen LogP contribution in [0.5, 0.6) is 5.75 Å². The number of aliphatic carboxylic acids is 1. The predicted octanol–water partition coefficient (Wildman–Crippen LogP) is 0.926. The maximum Gasteiger partial charge on any atom is 0.410 e. The topological polar surface area (TPSA) is 199 Å². The lowest BCUT2D eigenvalue weighted by molar-refractivity contribution is -0.222. The molecule has 6 atom stereocenters. The highest BCUT2D eigenvalue weighted by atomic mass is 16.6. The number of rotatable bonds is 9. The molecule has 0 aliphatic carbocycles. The van der Waals surface area contributed by atoms with Gasteiger partial charge in [0.25, 0.3) is 5.91 Å². The Labute approximate surface area is 269 Å². The summed E-state index contributed by atoms with van der Waals surface area (Å²) in [6, 6.07) is 3.00. The number of aryl methyl sites for hydroxylation is 2. The van der Waals surface area contributed by atoms with Crippen LogP contribution in [0.2, 0.25) is 0 Å². The first-order valence-electron chi connectivity index (χ1n) is 15.8. The lowest BCUT2D eigenvalue weighted by atomic mass is 9.84. The van der Waals surface area contributed by atoms with Gasteiger partial charge in [-0.3, -0.25) is 9.69 Å². The van der Waals surface area contributed by atoms with Gasteiger partial charge in [0.1, 0.15) is 17.5 Å². The van der Waals surface area contributed by atoms with Crippen molar-refractivity contribution in [1.29, 1.82) is 0 Å². The molecule has 3 aliphatic rings. The van der Waals surface area contributed by atoms with Gasteiger partial charge < -0.3 is 50.0 Å². The molecule has 1 spiro atoms. The molecule has 14 heteroatoms. The first-order valence-corrected chi connectivity index (χ1v) is 15.8. The molecule has 14 nitrogen and oxygen atoms in total. The summed E-state index contributed by atoms with van der Waals surface area (Å²) in [5, 5.41) is 55.4. The van der Waals surface area contributed by atoms with Crippen LogP contribution >= 0.6 is 0 Å². The predicted molar refractivity (Wildman–Crippen MR) is 165 cm³/mol. The van der Waals surface area contributed by atoms with E-state index in [1.165, 1.54) is 12.1 Å². The van der Waals surface area contributed by atoms with Gasteiger partial charge in [-0.15, -0.1) is 0 Å². The van der Waals surface area contributed by atoms with E-state index in [4.69, 9.17) is 14.2 Å². The van der Waals surface area contributed by atoms with Gasteiger partial charge in [-0.25, -0.2) is 9.59 Å². The Bertz CT molecular complexity index is 1260. The normalized spacial score (nSPS) is 28.6. The summed E-state index contributed by atoms with van der Waals surface area (Å²) in [6.45, 7) is 10.7. The summed E-state index contributed by atoms with van der Waals surface area (Å²) in [7, 11) is 0. The molecule has 3 fully saturated rings. The number of benzene rings is 1. The van der Waals surface area contributed by atoms with E-state index in [0.717, 1.165) is 0 Å². The first-order chi connectivity index (χ1) is 21.4. The Kier molecular flexibility index (Phi) is 10.9. The fraction of sp³-hybridized carbons (Fsp3) is 0.719. The number of hydrogen-bond donors (Lipinski definition) is 6. The standard InChI is InChI=1S/C32H49N3O11/c1-19-12-21(13-20(2)25(19)38)27(40)33-16-23(37)26(39)24-14-22(36)15-32(45-24,28(41)42)7-9-35-10-11-44-18-31(35)6-8-34(17-31)29(43)46-30(3,4)5/h12-13,22-24,26,36-39H,6-11,14-18H2,1-5H3,(H,33,40)(H,41,42)/t22-,23-,24-,26-,31+,32?/m1/s1. The molecule has 4 rings (SSSR count). The van der Waals surface area contributed by atoms with E-state index in [-0.39, 0.29) is 43.7 Å². The van der Waals surface area contributed by atoms with Crippen LogP contribution < -0.4 is 5.32 Å². The number of carbonyl (C=O) groups is 3. The van der Waals surface area contributed by atoms with Crippen LogP contribution in [0, 0.1) is 13.8 Å². The number of ether oxygens (including phenoxy) is 3. The fourth-order valence-electron chi connectivity index (χ4n) is 6.63. The van der Waals surface area contributed by atoms with Crippen molar-refractivity contribution in [1.82, 2.24) is 15.1 Å². The summed E-state index contributed by atoms with van der Waals surface area (Å²) in [6.07, 6.45) is -5.63. The number of carboxylic acids is 1. The quantitative estimate of drug-likeness (QED) is 0.221. The third kappa shape index (κ3) is 8.09. The number of aliphatic hydroxyl groups excluding tert-OH is 3. The molecule has 2 amide bonds. The minimum atomic E-state index is -1.85. The molecular weight excluding hydrogens is 602 g/mol. The number of nitrogens with zero attached hydrogens (tertiary/aromatic N) is 2. The maximum atomic E-state index is 12.8. The molecule has 0 bridgehead atoms. The highest BCUT2D eigenvalue weighted by Crippen LogP contribution is 2.37. The zero-order valence-electron chi connectivity index (χ0n) is 27.3. The SMILES string of the molecule is Cc1cc(C(=O)NC[C@@H](O)[C@@H](O)[C@H]2C[C@@H](O)CC(CCN3CCOC[C@@]34CCN(C(=O)OC(C)(C)C)C4)(C(=O)O)O2)cc(C)c1O. The van der Waals surface area contributed by atoms with E-state index in [2.05, 4.69) is 10.2 Å². The minimum Gasteiger partial charge on any atom is -0.507 e. The van der Waals surface area contributed by atoms with Crippen LogP contribution in [-0.4, -0.2) is 140 Å². The van der Waals surface area contributed by atoms with Gasteiger partial charge in [0.2, 0.25) is 0 Å². The summed E-state index contributed by atoms with van der Waals surface area (Å²) < 4.78 is 17.4. The summed E-state index contributed by atoms with van der Waals surface area (Å²) in [5.74, 6) is -1.75. The molecule has 3 saturated heterocycles. The molecule has 0 saturated carbocycles.